The van der Waals surface area contributed by atoms with E-state index in [4.69, 9.17) is 11.6 Å². The van der Waals surface area contributed by atoms with Crippen LogP contribution in [0.5, 0.6) is 0 Å². The van der Waals surface area contributed by atoms with Crippen LogP contribution < -0.4 is 5.11 Å². The molecule has 0 aromatic heterocycles. The number of Topliss-reactive ketones (excluding diaryl/α,β-unsaturated/α-hetero) is 1. The van der Waals surface area contributed by atoms with Gasteiger partial charge in [0.25, 0.3) is 0 Å². The van der Waals surface area contributed by atoms with Crippen molar-refractivity contribution in [1.82, 2.24) is 0 Å². The van der Waals surface area contributed by atoms with Crippen molar-refractivity contribution in [3.05, 3.63) is 0 Å². The molecule has 0 heterocycles. The van der Waals surface area contributed by atoms with Crippen LogP contribution in [0.15, 0.2) is 0 Å². The summed E-state index contributed by atoms with van der Waals surface area (Å²) >= 11 is 5.05. The van der Waals surface area contributed by atoms with Crippen LogP contribution in [0, 0.1) is 5.92 Å². The highest BCUT2D eigenvalue weighted by molar-refractivity contribution is 6.29. The summed E-state index contributed by atoms with van der Waals surface area (Å²) < 4.78 is 0. The van der Waals surface area contributed by atoms with E-state index in [1.165, 1.54) is 6.92 Å². The van der Waals surface area contributed by atoms with Crippen LogP contribution in [0.2, 0.25) is 0 Å². The Morgan fingerprint density at radius 1 is 1.67 bits per heavy atom. The normalized spacial score (nSPS) is 12.7. The smallest absolute Gasteiger partial charge is 0.155 e. The lowest BCUT2D eigenvalue weighted by molar-refractivity contribution is -0.309. The Balaban J connectivity index is 3.88. The minimum atomic E-state index is -1.37. The molecular weight excluding hydrogens is 144 g/mol. The number of halogens is 1. The van der Waals surface area contributed by atoms with Gasteiger partial charge < -0.3 is 9.90 Å². The molecule has 0 N–H and O–H groups in total. The van der Waals surface area contributed by atoms with Gasteiger partial charge in [-0.25, -0.2) is 0 Å². The number of hydrogen-bond donors (Lipinski definition) is 0. The summed E-state index contributed by atoms with van der Waals surface area (Å²) in [5.74, 6) is -3.24. The van der Waals surface area contributed by atoms with Gasteiger partial charge in [-0.1, -0.05) is 6.92 Å². The number of ketones is 1. The molecule has 0 spiro atoms. The highest BCUT2D eigenvalue weighted by Crippen LogP contribution is 1.95. The Morgan fingerprint density at radius 2 is 2.11 bits per heavy atom. The third-order valence-electron chi connectivity index (χ3n) is 0.968. The van der Waals surface area contributed by atoms with Crippen molar-refractivity contribution in [3.63, 3.8) is 0 Å². The summed E-state index contributed by atoms with van der Waals surface area (Å²) in [6.07, 6.45) is 0. The summed E-state index contributed by atoms with van der Waals surface area (Å²) in [4.78, 5) is 20.3. The number of carbonyl (C=O) groups excluding carboxylic acids is 2. The highest BCUT2D eigenvalue weighted by atomic mass is 35.5. The van der Waals surface area contributed by atoms with E-state index in [0.717, 1.165) is 0 Å². The Labute approximate surface area is 57.6 Å². The standard InChI is InChI=1S/C5H7ClO3/c1-3(5(8)9)4(7)2-6/h3H,2H2,1H3,(H,8,9)/p-1. The lowest BCUT2D eigenvalue weighted by Crippen LogP contribution is -2.34. The summed E-state index contributed by atoms with van der Waals surface area (Å²) in [5, 5.41) is 9.91. The van der Waals surface area contributed by atoms with Crippen molar-refractivity contribution in [3.8, 4) is 0 Å². The van der Waals surface area contributed by atoms with Crippen LogP contribution in [-0.4, -0.2) is 17.6 Å². The monoisotopic (exact) mass is 149 g/mol. The molecule has 0 aromatic rings. The van der Waals surface area contributed by atoms with Crippen LogP contribution in [-0.2, 0) is 9.59 Å². The maximum absolute atomic E-state index is 10.4. The van der Waals surface area contributed by atoms with Crippen LogP contribution in [0.4, 0.5) is 0 Å². The van der Waals surface area contributed by atoms with Crippen molar-refractivity contribution < 1.29 is 14.7 Å². The molecule has 1 atom stereocenters. The molecule has 0 fully saturated rings. The molecule has 0 aromatic carbocycles. The van der Waals surface area contributed by atoms with Crippen molar-refractivity contribution in [2.45, 2.75) is 6.92 Å². The molecule has 0 amide bonds. The fourth-order valence-electron chi connectivity index (χ4n) is 0.247. The molecule has 0 bridgehead atoms. The number of carboxylic acid groups (broad SMARTS) is 1. The lowest BCUT2D eigenvalue weighted by atomic mass is 10.1. The van der Waals surface area contributed by atoms with Gasteiger partial charge in [0.1, 0.15) is 0 Å². The molecule has 1 unspecified atom stereocenters. The Hall–Kier alpha value is -0.570. The second-order valence-corrected chi connectivity index (χ2v) is 1.91. The van der Waals surface area contributed by atoms with Gasteiger partial charge in [0, 0.05) is 0 Å². The topological polar surface area (TPSA) is 57.2 Å². The third-order valence-corrected chi connectivity index (χ3v) is 1.23. The molecule has 0 aliphatic heterocycles. The largest absolute Gasteiger partial charge is 0.549 e. The van der Waals surface area contributed by atoms with Crippen LogP contribution in [0.25, 0.3) is 0 Å². The first-order valence-corrected chi connectivity index (χ1v) is 2.92. The molecule has 9 heavy (non-hydrogen) atoms. The second kappa shape index (κ2) is 3.45. The quantitative estimate of drug-likeness (QED) is 0.389. The highest BCUT2D eigenvalue weighted by Gasteiger charge is 2.11. The minimum Gasteiger partial charge on any atom is -0.549 e. The van der Waals surface area contributed by atoms with Gasteiger partial charge in [0.2, 0.25) is 0 Å². The Kier molecular flexibility index (Phi) is 3.24. The molecule has 0 radical (unpaired) electrons. The van der Waals surface area contributed by atoms with Gasteiger partial charge in [0.15, 0.2) is 5.78 Å². The maximum Gasteiger partial charge on any atom is 0.155 e. The van der Waals surface area contributed by atoms with E-state index in [1.807, 2.05) is 0 Å². The van der Waals surface area contributed by atoms with Crippen LogP contribution in [0.1, 0.15) is 6.92 Å². The molecule has 0 rings (SSSR count). The van der Waals surface area contributed by atoms with Gasteiger partial charge in [-0.3, -0.25) is 4.79 Å². The average Bonchev–Trinajstić information content (AvgIpc) is 1.84. The van der Waals surface area contributed by atoms with E-state index in [-0.39, 0.29) is 5.88 Å². The summed E-state index contributed by atoms with van der Waals surface area (Å²) in [6.45, 7) is 1.25. The van der Waals surface area contributed by atoms with E-state index in [2.05, 4.69) is 0 Å². The van der Waals surface area contributed by atoms with Crippen LogP contribution in [0.3, 0.4) is 0 Å². The first-order valence-electron chi connectivity index (χ1n) is 2.39. The zero-order chi connectivity index (χ0) is 7.44. The summed E-state index contributed by atoms with van der Waals surface area (Å²) in [5.41, 5.74) is 0. The molecule has 0 saturated heterocycles. The second-order valence-electron chi connectivity index (χ2n) is 1.64. The predicted octanol–water partition coefficient (Wildman–Crippen LogP) is -0.820. The fourth-order valence-corrected chi connectivity index (χ4v) is 0.479. The molecule has 4 heteroatoms. The Morgan fingerprint density at radius 3 is 2.22 bits per heavy atom. The van der Waals surface area contributed by atoms with E-state index in [9.17, 15) is 14.7 Å². The average molecular weight is 150 g/mol. The van der Waals surface area contributed by atoms with Gasteiger partial charge in [-0.15, -0.1) is 11.6 Å². The molecule has 52 valence electrons. The number of carboxylic acids is 1. The van der Waals surface area contributed by atoms with E-state index >= 15 is 0 Å². The number of rotatable bonds is 3. The molecular formula is C5H6ClO3-. The number of alkyl halides is 1. The van der Waals surface area contributed by atoms with E-state index in [0.29, 0.717) is 0 Å². The first kappa shape index (κ1) is 8.43. The zero-order valence-electron chi connectivity index (χ0n) is 4.89. The zero-order valence-corrected chi connectivity index (χ0v) is 5.64. The Bertz CT molecular complexity index is 132. The predicted molar refractivity (Wildman–Crippen MR) is 29.9 cm³/mol. The van der Waals surface area contributed by atoms with Crippen molar-refractivity contribution in [1.29, 1.82) is 0 Å². The maximum atomic E-state index is 10.4. The SMILES string of the molecule is CC(C(=O)[O-])C(=O)CCl. The van der Waals surface area contributed by atoms with E-state index in [1.54, 1.807) is 0 Å². The first-order chi connectivity index (χ1) is 4.09. The van der Waals surface area contributed by atoms with Crippen molar-refractivity contribution >= 4 is 23.4 Å². The third kappa shape index (κ3) is 2.46. The lowest BCUT2D eigenvalue weighted by Gasteiger charge is -2.07. The van der Waals surface area contributed by atoms with Gasteiger partial charge in [0.05, 0.1) is 17.8 Å². The van der Waals surface area contributed by atoms with Crippen molar-refractivity contribution in [2.75, 3.05) is 5.88 Å². The van der Waals surface area contributed by atoms with Crippen LogP contribution >= 0.6 is 11.6 Å². The summed E-state index contributed by atoms with van der Waals surface area (Å²) in [7, 11) is 0. The molecule has 0 aliphatic rings. The molecule has 3 nitrogen and oxygen atoms in total. The van der Waals surface area contributed by atoms with E-state index < -0.39 is 17.7 Å². The minimum absolute atomic E-state index is 0.269. The number of hydrogen-bond acceptors (Lipinski definition) is 3. The number of carbonyl (C=O) groups is 2. The van der Waals surface area contributed by atoms with Gasteiger partial charge in [-0.2, -0.15) is 0 Å². The fraction of sp³-hybridized carbons (Fsp3) is 0.600. The number of aliphatic carboxylic acids is 1. The summed E-state index contributed by atoms with van der Waals surface area (Å²) in [6, 6.07) is 0. The van der Waals surface area contributed by atoms with Gasteiger partial charge >= 0.3 is 0 Å². The van der Waals surface area contributed by atoms with Gasteiger partial charge in [-0.05, 0) is 0 Å². The molecule has 0 aliphatic carbocycles. The van der Waals surface area contributed by atoms with Crippen molar-refractivity contribution in [2.24, 2.45) is 5.92 Å². The molecule has 0 saturated carbocycles.